The largest absolute Gasteiger partial charge is 0.497 e. The van der Waals surface area contributed by atoms with Gasteiger partial charge in [-0.1, -0.05) is 0 Å². The van der Waals surface area contributed by atoms with Crippen LogP contribution in [0.15, 0.2) is 23.2 Å². The van der Waals surface area contributed by atoms with Gasteiger partial charge in [0, 0.05) is 55.6 Å². The van der Waals surface area contributed by atoms with Crippen molar-refractivity contribution in [3.05, 3.63) is 18.2 Å². The summed E-state index contributed by atoms with van der Waals surface area (Å²) in [4.78, 5) is 18.6. The van der Waals surface area contributed by atoms with Gasteiger partial charge in [-0.15, -0.1) is 24.0 Å². The second-order valence-corrected chi connectivity index (χ2v) is 7.18. The monoisotopic (exact) mass is 517 g/mol. The van der Waals surface area contributed by atoms with Crippen LogP contribution < -0.4 is 30.3 Å². The first-order valence-electron chi connectivity index (χ1n) is 9.93. The number of hydrogen-bond donors (Lipinski definition) is 3. The van der Waals surface area contributed by atoms with Gasteiger partial charge in [-0.3, -0.25) is 4.79 Å². The van der Waals surface area contributed by atoms with E-state index in [1.165, 1.54) is 0 Å². The van der Waals surface area contributed by atoms with Crippen LogP contribution in [0.5, 0.6) is 11.5 Å². The molecule has 1 aromatic carbocycles. The Balaban J connectivity index is 0.00000300. The lowest BCUT2D eigenvalue weighted by atomic mass is 10.2. The molecule has 3 N–H and O–H groups in total. The van der Waals surface area contributed by atoms with E-state index in [9.17, 15) is 4.79 Å². The van der Waals surface area contributed by atoms with Crippen molar-refractivity contribution >= 4 is 41.5 Å². The summed E-state index contributed by atoms with van der Waals surface area (Å²) in [5, 5.41) is 9.64. The first-order valence-corrected chi connectivity index (χ1v) is 9.93. The third-order valence-electron chi connectivity index (χ3n) is 4.90. The summed E-state index contributed by atoms with van der Waals surface area (Å²) in [5.41, 5.74) is 1.08. The van der Waals surface area contributed by atoms with Gasteiger partial charge in [0.1, 0.15) is 18.0 Å². The highest BCUT2D eigenvalue weighted by molar-refractivity contribution is 14.0. The Morgan fingerprint density at radius 2 is 1.79 bits per heavy atom. The first kappa shape index (κ1) is 23.4. The second kappa shape index (κ2) is 11.3. The van der Waals surface area contributed by atoms with E-state index in [0.29, 0.717) is 12.0 Å². The van der Waals surface area contributed by atoms with Crippen molar-refractivity contribution in [3.8, 4) is 11.5 Å². The van der Waals surface area contributed by atoms with Gasteiger partial charge in [0.15, 0.2) is 5.96 Å². The fraction of sp³-hybridized carbons (Fsp3) is 0.600. The zero-order valence-corrected chi connectivity index (χ0v) is 19.7. The molecule has 1 saturated heterocycles. The minimum Gasteiger partial charge on any atom is -0.497 e. The van der Waals surface area contributed by atoms with Crippen LogP contribution in [0, 0.1) is 0 Å². The van der Waals surface area contributed by atoms with Crippen LogP contribution in [-0.2, 0) is 4.79 Å². The molecule has 2 aliphatic rings. The van der Waals surface area contributed by atoms with E-state index in [-0.39, 0.29) is 42.5 Å². The quantitative estimate of drug-likeness (QED) is 0.277. The summed E-state index contributed by atoms with van der Waals surface area (Å²) >= 11 is 0. The van der Waals surface area contributed by atoms with Gasteiger partial charge in [-0.2, -0.15) is 0 Å². The second-order valence-electron chi connectivity index (χ2n) is 7.18. The molecule has 3 rings (SSSR count). The van der Waals surface area contributed by atoms with Crippen LogP contribution in [0.4, 0.5) is 5.69 Å². The van der Waals surface area contributed by atoms with E-state index in [0.717, 1.165) is 56.1 Å². The molecule has 29 heavy (non-hydrogen) atoms. The van der Waals surface area contributed by atoms with Crippen molar-refractivity contribution in [1.82, 2.24) is 16.0 Å². The molecular weight excluding hydrogens is 485 g/mol. The lowest BCUT2D eigenvalue weighted by Gasteiger charge is -2.21. The van der Waals surface area contributed by atoms with Gasteiger partial charge < -0.3 is 30.3 Å². The maximum Gasteiger partial charge on any atom is 0.242 e. The third-order valence-corrected chi connectivity index (χ3v) is 4.90. The number of anilines is 1. The highest BCUT2D eigenvalue weighted by Gasteiger charge is 2.25. The fourth-order valence-corrected chi connectivity index (χ4v) is 3.25. The molecule has 1 heterocycles. The van der Waals surface area contributed by atoms with Gasteiger partial charge in [0.2, 0.25) is 5.91 Å². The SMILES string of the molecule is CCNC(=NCC(=O)NC1CC1)NC1CCN(c2cc(OC)cc(OC)c2)C1.I. The Labute approximate surface area is 189 Å². The topological polar surface area (TPSA) is 87.2 Å². The molecule has 1 saturated carbocycles. The highest BCUT2D eigenvalue weighted by Crippen LogP contribution is 2.30. The Bertz CT molecular complexity index is 689. The average molecular weight is 517 g/mol. The van der Waals surface area contributed by atoms with Crippen LogP contribution in [0.1, 0.15) is 26.2 Å². The Morgan fingerprint density at radius 1 is 1.10 bits per heavy atom. The Kier molecular flexibility index (Phi) is 9.12. The summed E-state index contributed by atoms with van der Waals surface area (Å²) in [5.74, 6) is 2.23. The van der Waals surface area contributed by atoms with E-state index in [4.69, 9.17) is 9.47 Å². The average Bonchev–Trinajstić information content (AvgIpc) is 3.40. The molecule has 0 bridgehead atoms. The van der Waals surface area contributed by atoms with Crippen LogP contribution in [0.3, 0.4) is 0 Å². The summed E-state index contributed by atoms with van der Waals surface area (Å²) < 4.78 is 10.8. The molecule has 1 aliphatic carbocycles. The standard InChI is InChI=1S/C20H31N5O3.HI/c1-4-21-20(22-12-19(26)23-14-5-6-14)24-15-7-8-25(13-15)16-9-17(27-2)11-18(10-16)28-3;/h9-11,14-15H,4-8,12-13H2,1-3H3,(H,23,26)(H2,21,22,24);1H. The molecule has 2 fully saturated rings. The molecule has 1 aliphatic heterocycles. The summed E-state index contributed by atoms with van der Waals surface area (Å²) in [7, 11) is 3.32. The number of hydrogen-bond acceptors (Lipinski definition) is 5. The molecule has 0 radical (unpaired) electrons. The predicted molar refractivity (Wildman–Crippen MR) is 126 cm³/mol. The number of amides is 1. The van der Waals surface area contributed by atoms with Gasteiger partial charge in [0.05, 0.1) is 14.2 Å². The Hall–Kier alpha value is -1.91. The molecule has 9 heteroatoms. The normalized spacial score (nSPS) is 18.7. The molecule has 1 atom stereocenters. The van der Waals surface area contributed by atoms with Crippen molar-refractivity contribution in [2.24, 2.45) is 4.99 Å². The van der Waals surface area contributed by atoms with Crippen molar-refractivity contribution in [2.45, 2.75) is 38.3 Å². The number of benzene rings is 1. The number of carbonyl (C=O) groups is 1. The van der Waals surface area contributed by atoms with E-state index in [2.05, 4.69) is 25.8 Å². The number of carbonyl (C=O) groups excluding carboxylic acids is 1. The van der Waals surface area contributed by atoms with Gasteiger partial charge >= 0.3 is 0 Å². The number of ether oxygens (including phenoxy) is 2. The number of nitrogens with zero attached hydrogens (tertiary/aromatic N) is 2. The van der Waals surface area contributed by atoms with E-state index >= 15 is 0 Å². The van der Waals surface area contributed by atoms with Crippen LogP contribution in [-0.4, -0.2) is 64.3 Å². The molecule has 1 unspecified atom stereocenters. The van der Waals surface area contributed by atoms with Crippen molar-refractivity contribution in [1.29, 1.82) is 0 Å². The molecule has 0 aromatic heterocycles. The van der Waals surface area contributed by atoms with E-state index in [1.54, 1.807) is 14.2 Å². The minimum atomic E-state index is -0.0174. The zero-order valence-electron chi connectivity index (χ0n) is 17.4. The number of aliphatic imine (C=N–C) groups is 1. The lowest BCUT2D eigenvalue weighted by Crippen LogP contribution is -2.45. The number of methoxy groups -OCH3 is 2. The summed E-state index contributed by atoms with van der Waals surface area (Å²) in [6, 6.07) is 6.53. The van der Waals surface area contributed by atoms with Gasteiger partial charge in [0.25, 0.3) is 0 Å². The molecule has 1 amide bonds. The molecular formula is C20H32IN5O3. The Morgan fingerprint density at radius 3 is 2.38 bits per heavy atom. The maximum absolute atomic E-state index is 11.9. The molecule has 162 valence electrons. The molecule has 0 spiro atoms. The van der Waals surface area contributed by atoms with Crippen LogP contribution in [0.2, 0.25) is 0 Å². The molecule has 1 aromatic rings. The van der Waals surface area contributed by atoms with E-state index in [1.807, 2.05) is 25.1 Å². The maximum atomic E-state index is 11.9. The van der Waals surface area contributed by atoms with Crippen LogP contribution >= 0.6 is 24.0 Å². The summed E-state index contributed by atoms with van der Waals surface area (Å²) in [6.45, 7) is 4.68. The zero-order chi connectivity index (χ0) is 19.9. The fourth-order valence-electron chi connectivity index (χ4n) is 3.25. The van der Waals surface area contributed by atoms with Gasteiger partial charge in [-0.05, 0) is 26.2 Å². The third kappa shape index (κ3) is 7.13. The first-order chi connectivity index (χ1) is 13.6. The van der Waals surface area contributed by atoms with Gasteiger partial charge in [-0.25, -0.2) is 4.99 Å². The predicted octanol–water partition coefficient (Wildman–Crippen LogP) is 1.73. The smallest absolute Gasteiger partial charge is 0.242 e. The molecule has 8 nitrogen and oxygen atoms in total. The lowest BCUT2D eigenvalue weighted by molar-refractivity contribution is -0.119. The number of rotatable bonds is 8. The van der Waals surface area contributed by atoms with Crippen LogP contribution in [0.25, 0.3) is 0 Å². The minimum absolute atomic E-state index is 0. The van der Waals surface area contributed by atoms with Crippen molar-refractivity contribution in [3.63, 3.8) is 0 Å². The van der Waals surface area contributed by atoms with E-state index < -0.39 is 0 Å². The summed E-state index contributed by atoms with van der Waals surface area (Å²) in [6.07, 6.45) is 3.15. The van der Waals surface area contributed by atoms with Crippen molar-refractivity contribution < 1.29 is 14.3 Å². The van der Waals surface area contributed by atoms with Crippen molar-refractivity contribution in [2.75, 3.05) is 45.3 Å². The number of guanidine groups is 1. The highest BCUT2D eigenvalue weighted by atomic mass is 127. The number of nitrogens with one attached hydrogen (secondary N) is 3. The number of halogens is 1.